The van der Waals surface area contributed by atoms with Crippen LogP contribution < -0.4 is 10.6 Å². The van der Waals surface area contributed by atoms with Crippen molar-refractivity contribution in [2.45, 2.75) is 57.6 Å². The van der Waals surface area contributed by atoms with Gasteiger partial charge in [-0.3, -0.25) is 4.90 Å². The number of aliphatic carboxylic acids is 1. The second-order valence-electron chi connectivity index (χ2n) is 8.88. The summed E-state index contributed by atoms with van der Waals surface area (Å²) in [4.78, 5) is 29.9. The molecule has 2 aromatic rings. The largest absolute Gasteiger partial charge is 0.480 e. The summed E-state index contributed by atoms with van der Waals surface area (Å²) in [6, 6.07) is 11.9. The Morgan fingerprint density at radius 3 is 2.69 bits per heavy atom. The molecule has 10 heteroatoms. The summed E-state index contributed by atoms with van der Waals surface area (Å²) in [6.45, 7) is 0.986. The zero-order valence-electron chi connectivity index (χ0n) is 20.3. The van der Waals surface area contributed by atoms with Gasteiger partial charge >= 0.3 is 12.1 Å². The van der Waals surface area contributed by atoms with Crippen molar-refractivity contribution in [2.75, 3.05) is 31.5 Å². The Bertz CT molecular complexity index is 978. The third kappa shape index (κ3) is 9.41. The fourth-order valence-electron chi connectivity index (χ4n) is 4.12. The Labute approximate surface area is 210 Å². The van der Waals surface area contributed by atoms with Gasteiger partial charge in [0.15, 0.2) is 0 Å². The van der Waals surface area contributed by atoms with Crippen molar-refractivity contribution in [1.82, 2.24) is 15.2 Å². The monoisotopic (exact) mass is 504 g/mol. The third-order valence-corrected chi connectivity index (χ3v) is 6.04. The Hall–Kier alpha value is -3.27. The lowest BCUT2D eigenvalue weighted by Gasteiger charge is -2.24. The first-order valence-corrected chi connectivity index (χ1v) is 12.3. The molecule has 2 heterocycles. The molecule has 8 nitrogen and oxygen atoms in total. The molecular weight excluding hydrogens is 470 g/mol. The number of carboxylic acid groups (broad SMARTS) is 1. The molecule has 3 N–H and O–H groups in total. The molecule has 196 valence electrons. The van der Waals surface area contributed by atoms with Gasteiger partial charge in [-0.1, -0.05) is 36.4 Å². The van der Waals surface area contributed by atoms with Gasteiger partial charge in [0.05, 0.1) is 6.54 Å². The molecule has 1 aliphatic heterocycles. The number of carbonyl (C=O) groups is 2. The van der Waals surface area contributed by atoms with Crippen LogP contribution in [0.25, 0.3) is 0 Å². The molecule has 1 aliphatic rings. The molecule has 36 heavy (non-hydrogen) atoms. The van der Waals surface area contributed by atoms with Gasteiger partial charge in [-0.05, 0) is 62.3 Å². The summed E-state index contributed by atoms with van der Waals surface area (Å²) < 4.78 is 31.3. The molecular formula is C26H34F2N4O4. The number of fused-ring (bicyclic) bond motifs is 1. The first-order valence-electron chi connectivity index (χ1n) is 12.3. The number of ether oxygens (including phenoxy) is 1. The van der Waals surface area contributed by atoms with E-state index in [1.54, 1.807) is 29.2 Å². The standard InChI is InChI=1S/C26H34F2N4O4/c27-23(28)17-32(15-5-4-10-21-12-11-20-9-6-14-29-24(20)30-21)16-13-22(25(33)34)31-26(35)36-18-19-7-2-1-3-8-19/h1-3,7-8,11-12,22-23H,4-6,9-10,13-18H2,(H,29,30)(H,31,35)(H,33,34)/t22-/m0/s1. The molecule has 0 saturated heterocycles. The molecule has 0 aliphatic carbocycles. The fourth-order valence-corrected chi connectivity index (χ4v) is 4.12. The highest BCUT2D eigenvalue weighted by Crippen LogP contribution is 2.20. The molecule has 1 aromatic heterocycles. The van der Waals surface area contributed by atoms with Crippen molar-refractivity contribution in [3.05, 3.63) is 59.3 Å². The van der Waals surface area contributed by atoms with Crippen molar-refractivity contribution < 1.29 is 28.2 Å². The zero-order valence-corrected chi connectivity index (χ0v) is 20.3. The number of unbranched alkanes of at least 4 members (excludes halogenated alkanes) is 1. The number of rotatable bonds is 14. The average molecular weight is 505 g/mol. The Morgan fingerprint density at radius 2 is 1.94 bits per heavy atom. The Kier molecular flexibility index (Phi) is 10.9. The van der Waals surface area contributed by atoms with E-state index in [1.165, 1.54) is 5.56 Å². The zero-order chi connectivity index (χ0) is 25.8. The highest BCUT2D eigenvalue weighted by molar-refractivity contribution is 5.79. The van der Waals surface area contributed by atoms with Crippen LogP contribution in [0, 0.1) is 0 Å². The normalized spacial score (nSPS) is 13.7. The van der Waals surface area contributed by atoms with Gasteiger partial charge in [-0.15, -0.1) is 0 Å². The number of aryl methyl sites for hydroxylation is 2. The van der Waals surface area contributed by atoms with Crippen molar-refractivity contribution in [2.24, 2.45) is 0 Å². The number of alkyl carbamates (subject to hydrolysis) is 1. The molecule has 0 saturated carbocycles. The number of nitrogens with one attached hydrogen (secondary N) is 2. The summed E-state index contributed by atoms with van der Waals surface area (Å²) in [5.41, 5.74) is 2.95. The van der Waals surface area contributed by atoms with E-state index in [2.05, 4.69) is 21.7 Å². The minimum atomic E-state index is -2.54. The molecule has 0 fully saturated rings. The summed E-state index contributed by atoms with van der Waals surface area (Å²) in [5, 5.41) is 15.1. The predicted molar refractivity (Wildman–Crippen MR) is 132 cm³/mol. The maximum Gasteiger partial charge on any atom is 0.408 e. The molecule has 0 radical (unpaired) electrons. The molecule has 3 rings (SSSR count). The van der Waals surface area contributed by atoms with Crippen LogP contribution >= 0.6 is 0 Å². The van der Waals surface area contributed by atoms with E-state index < -0.39 is 31.1 Å². The number of carboxylic acids is 1. The van der Waals surface area contributed by atoms with Gasteiger partial charge in [-0.25, -0.2) is 23.4 Å². The highest BCUT2D eigenvalue weighted by atomic mass is 19.3. The summed E-state index contributed by atoms with van der Waals surface area (Å²) >= 11 is 0. The number of nitrogens with zero attached hydrogens (tertiary/aromatic N) is 2. The van der Waals surface area contributed by atoms with E-state index in [-0.39, 0.29) is 19.6 Å². The number of hydrogen-bond donors (Lipinski definition) is 3. The van der Waals surface area contributed by atoms with Crippen LogP contribution in [0.1, 0.15) is 42.5 Å². The molecule has 0 bridgehead atoms. The molecule has 0 unspecified atom stereocenters. The number of alkyl halides is 2. The minimum absolute atomic E-state index is 0.00561. The topological polar surface area (TPSA) is 104 Å². The Morgan fingerprint density at radius 1 is 1.14 bits per heavy atom. The van der Waals surface area contributed by atoms with Crippen LogP contribution in [0.15, 0.2) is 42.5 Å². The van der Waals surface area contributed by atoms with Crippen LogP contribution in [0.2, 0.25) is 0 Å². The average Bonchev–Trinajstić information content (AvgIpc) is 2.87. The van der Waals surface area contributed by atoms with Crippen LogP contribution in [0.3, 0.4) is 0 Å². The quantitative estimate of drug-likeness (QED) is 0.333. The van der Waals surface area contributed by atoms with Gasteiger partial charge in [0.25, 0.3) is 6.43 Å². The van der Waals surface area contributed by atoms with E-state index in [4.69, 9.17) is 4.74 Å². The number of pyridine rings is 1. The molecule has 0 spiro atoms. The number of hydrogen-bond acceptors (Lipinski definition) is 6. The van der Waals surface area contributed by atoms with Crippen LogP contribution in [-0.2, 0) is 29.0 Å². The SMILES string of the molecule is O=C(N[C@@H](CCN(CCCCc1ccc2c(n1)NCCC2)CC(F)F)C(=O)O)OCc1ccccc1. The lowest BCUT2D eigenvalue weighted by atomic mass is 10.1. The maximum atomic E-state index is 13.1. The van der Waals surface area contributed by atoms with Crippen molar-refractivity contribution >= 4 is 17.9 Å². The van der Waals surface area contributed by atoms with Crippen molar-refractivity contribution in [3.63, 3.8) is 0 Å². The lowest BCUT2D eigenvalue weighted by Crippen LogP contribution is -2.44. The highest BCUT2D eigenvalue weighted by Gasteiger charge is 2.23. The predicted octanol–water partition coefficient (Wildman–Crippen LogP) is 4.10. The number of aromatic nitrogens is 1. The summed E-state index contributed by atoms with van der Waals surface area (Å²) in [7, 11) is 0. The number of carbonyl (C=O) groups excluding carboxylic acids is 1. The van der Waals surface area contributed by atoms with Crippen molar-refractivity contribution in [1.29, 1.82) is 0 Å². The van der Waals surface area contributed by atoms with Gasteiger partial charge in [0.1, 0.15) is 18.5 Å². The van der Waals surface area contributed by atoms with E-state index in [0.717, 1.165) is 49.3 Å². The summed E-state index contributed by atoms with van der Waals surface area (Å²) in [6.07, 6.45) is 0.895. The molecule has 1 aromatic carbocycles. The van der Waals surface area contributed by atoms with Crippen LogP contribution in [0.5, 0.6) is 0 Å². The van der Waals surface area contributed by atoms with Gasteiger partial charge in [-0.2, -0.15) is 0 Å². The van der Waals surface area contributed by atoms with Crippen LogP contribution in [-0.4, -0.2) is 65.7 Å². The molecule has 1 atom stereocenters. The number of benzene rings is 1. The summed E-state index contributed by atoms with van der Waals surface area (Å²) in [5.74, 6) is -0.302. The van der Waals surface area contributed by atoms with Gasteiger partial charge in [0.2, 0.25) is 0 Å². The fraction of sp³-hybridized carbons (Fsp3) is 0.500. The van der Waals surface area contributed by atoms with E-state index in [9.17, 15) is 23.5 Å². The number of anilines is 1. The van der Waals surface area contributed by atoms with Crippen LogP contribution in [0.4, 0.5) is 19.4 Å². The third-order valence-electron chi connectivity index (χ3n) is 6.04. The first-order chi connectivity index (χ1) is 17.4. The smallest absolute Gasteiger partial charge is 0.408 e. The van der Waals surface area contributed by atoms with Gasteiger partial charge < -0.3 is 20.5 Å². The number of amides is 1. The van der Waals surface area contributed by atoms with Crippen molar-refractivity contribution in [3.8, 4) is 0 Å². The lowest BCUT2D eigenvalue weighted by molar-refractivity contribution is -0.139. The number of halogens is 2. The minimum Gasteiger partial charge on any atom is -0.480 e. The van der Waals surface area contributed by atoms with E-state index in [1.807, 2.05) is 12.1 Å². The maximum absolute atomic E-state index is 13.1. The first kappa shape index (κ1) is 27.3. The second kappa shape index (κ2) is 14.3. The molecule has 1 amide bonds. The Balaban J connectivity index is 1.42. The van der Waals surface area contributed by atoms with E-state index >= 15 is 0 Å². The van der Waals surface area contributed by atoms with E-state index in [0.29, 0.717) is 13.0 Å². The van der Waals surface area contributed by atoms with Gasteiger partial charge in [0, 0.05) is 18.8 Å². The second-order valence-corrected chi connectivity index (χ2v) is 8.88.